The molecule has 1 aromatic carbocycles. The highest BCUT2D eigenvalue weighted by atomic mass is 16.6. The highest BCUT2D eigenvalue weighted by Gasteiger charge is 2.39. The van der Waals surface area contributed by atoms with Gasteiger partial charge in [0, 0.05) is 50.4 Å². The minimum Gasteiger partial charge on any atom is -0.450 e. The summed E-state index contributed by atoms with van der Waals surface area (Å²) in [5.41, 5.74) is 2.77. The number of ether oxygens (including phenoxy) is 1. The van der Waals surface area contributed by atoms with Gasteiger partial charge in [-0.25, -0.2) is 4.79 Å². The Morgan fingerprint density at radius 3 is 2.30 bits per heavy atom. The summed E-state index contributed by atoms with van der Waals surface area (Å²) in [4.78, 5) is 54.5. The molecule has 0 bridgehead atoms. The normalized spacial score (nSPS) is 23.3. The van der Waals surface area contributed by atoms with Gasteiger partial charge in [-0.05, 0) is 74.6 Å². The van der Waals surface area contributed by atoms with Crippen molar-refractivity contribution in [2.24, 2.45) is 11.8 Å². The molecule has 9 nitrogen and oxygen atoms in total. The van der Waals surface area contributed by atoms with Crippen LogP contribution in [0.1, 0.15) is 74.2 Å². The monoisotopic (exact) mass is 510 g/mol. The van der Waals surface area contributed by atoms with E-state index in [4.69, 9.17) is 4.74 Å². The zero-order valence-electron chi connectivity index (χ0n) is 21.7. The maximum Gasteiger partial charge on any atom is 0.409 e. The van der Waals surface area contributed by atoms with Crippen LogP contribution in [0.2, 0.25) is 0 Å². The Morgan fingerprint density at radius 1 is 0.973 bits per heavy atom. The first-order chi connectivity index (χ1) is 17.9. The Bertz CT molecular complexity index is 1040. The minimum atomic E-state index is -0.575. The second-order valence-corrected chi connectivity index (χ2v) is 10.9. The molecule has 0 radical (unpaired) electrons. The van der Waals surface area contributed by atoms with Crippen molar-refractivity contribution in [3.05, 3.63) is 29.3 Å². The number of carbonyl (C=O) groups excluding carboxylic acids is 4. The summed E-state index contributed by atoms with van der Waals surface area (Å²) in [6.07, 6.45) is 7.44. The number of amides is 4. The quantitative estimate of drug-likeness (QED) is 0.590. The highest BCUT2D eigenvalue weighted by molar-refractivity contribution is 6.05. The predicted molar refractivity (Wildman–Crippen MR) is 138 cm³/mol. The summed E-state index contributed by atoms with van der Waals surface area (Å²) in [6, 6.07) is 5.46. The number of fused-ring (bicyclic) bond motifs is 1. The average molecular weight is 511 g/mol. The maximum atomic E-state index is 13.0. The first-order valence-corrected chi connectivity index (χ1v) is 13.9. The highest BCUT2D eigenvalue weighted by Crippen LogP contribution is 2.33. The molecule has 0 spiro atoms. The maximum absolute atomic E-state index is 13.0. The number of hydrogen-bond acceptors (Lipinski definition) is 6. The first-order valence-electron chi connectivity index (χ1n) is 13.9. The van der Waals surface area contributed by atoms with Crippen molar-refractivity contribution in [1.82, 2.24) is 15.1 Å². The molecule has 3 saturated heterocycles. The lowest BCUT2D eigenvalue weighted by molar-refractivity contribution is -0.136. The van der Waals surface area contributed by atoms with Gasteiger partial charge in [-0.15, -0.1) is 0 Å². The van der Waals surface area contributed by atoms with Gasteiger partial charge in [0.25, 0.3) is 5.91 Å². The molecule has 0 aliphatic carbocycles. The smallest absolute Gasteiger partial charge is 0.409 e. The molecular formula is C28H38N4O5. The van der Waals surface area contributed by atoms with Crippen LogP contribution in [0.4, 0.5) is 10.5 Å². The molecule has 1 N–H and O–H groups in total. The number of nitrogens with one attached hydrogen (secondary N) is 1. The molecular weight excluding hydrogens is 472 g/mol. The molecule has 0 aromatic heterocycles. The molecule has 3 fully saturated rings. The third-order valence-electron chi connectivity index (χ3n) is 8.61. The summed E-state index contributed by atoms with van der Waals surface area (Å²) < 4.78 is 5.12. The fourth-order valence-corrected chi connectivity index (χ4v) is 6.33. The molecule has 1 unspecified atom stereocenters. The van der Waals surface area contributed by atoms with Gasteiger partial charge in [-0.3, -0.25) is 19.7 Å². The van der Waals surface area contributed by atoms with Crippen LogP contribution < -0.4 is 10.2 Å². The van der Waals surface area contributed by atoms with E-state index in [9.17, 15) is 19.2 Å². The lowest BCUT2D eigenvalue weighted by Gasteiger charge is -2.35. The second-order valence-electron chi connectivity index (χ2n) is 10.9. The summed E-state index contributed by atoms with van der Waals surface area (Å²) in [6.45, 7) is 6.33. The van der Waals surface area contributed by atoms with Crippen LogP contribution in [0.15, 0.2) is 18.2 Å². The fraction of sp³-hybridized carbons (Fsp3) is 0.643. The topological polar surface area (TPSA) is 99.3 Å². The second kappa shape index (κ2) is 11.1. The van der Waals surface area contributed by atoms with Crippen LogP contribution >= 0.6 is 0 Å². The van der Waals surface area contributed by atoms with E-state index in [2.05, 4.69) is 16.3 Å². The van der Waals surface area contributed by atoms with Gasteiger partial charge in [0.2, 0.25) is 11.8 Å². The minimum absolute atomic E-state index is 0.122. The van der Waals surface area contributed by atoms with Gasteiger partial charge in [0.1, 0.15) is 6.04 Å². The van der Waals surface area contributed by atoms with Crippen molar-refractivity contribution in [1.29, 1.82) is 0 Å². The Hall–Kier alpha value is -3.10. The lowest BCUT2D eigenvalue weighted by Crippen LogP contribution is -2.52. The summed E-state index contributed by atoms with van der Waals surface area (Å²) in [5, 5.41) is 2.36. The van der Waals surface area contributed by atoms with E-state index < -0.39 is 6.04 Å². The number of benzene rings is 1. The Morgan fingerprint density at radius 2 is 1.65 bits per heavy atom. The van der Waals surface area contributed by atoms with Gasteiger partial charge in [-0.2, -0.15) is 0 Å². The van der Waals surface area contributed by atoms with Crippen LogP contribution in [0.5, 0.6) is 0 Å². The van der Waals surface area contributed by atoms with Crippen LogP contribution in [0.25, 0.3) is 0 Å². The van der Waals surface area contributed by atoms with E-state index >= 15 is 0 Å². The molecule has 1 atom stereocenters. The van der Waals surface area contributed by atoms with E-state index in [1.54, 1.807) is 4.90 Å². The SMILES string of the molecule is CCOC(=O)N1CCC(CCC2CCN(c3ccc4c(c3)CN(C3CCC(=O)NC3=O)C4=O)CC2)CC1. The molecule has 0 saturated carbocycles. The van der Waals surface area contributed by atoms with Gasteiger partial charge in [0.05, 0.1) is 6.61 Å². The summed E-state index contributed by atoms with van der Waals surface area (Å²) in [5.74, 6) is 0.672. The zero-order chi connectivity index (χ0) is 25.9. The molecule has 4 aliphatic rings. The number of carbonyl (C=O) groups is 4. The Balaban J connectivity index is 1.08. The summed E-state index contributed by atoms with van der Waals surface area (Å²) >= 11 is 0. The van der Waals surface area contributed by atoms with Crippen LogP contribution in [-0.4, -0.2) is 72.4 Å². The molecule has 5 rings (SSSR count). The van der Waals surface area contributed by atoms with Gasteiger partial charge in [0.15, 0.2) is 0 Å². The van der Waals surface area contributed by atoms with Gasteiger partial charge < -0.3 is 19.4 Å². The zero-order valence-corrected chi connectivity index (χ0v) is 21.7. The number of nitrogens with zero attached hydrogens (tertiary/aromatic N) is 3. The fourth-order valence-electron chi connectivity index (χ4n) is 6.33. The van der Waals surface area contributed by atoms with Crippen molar-refractivity contribution in [3.63, 3.8) is 0 Å². The van der Waals surface area contributed by atoms with Crippen molar-refractivity contribution in [3.8, 4) is 0 Å². The number of hydrogen-bond donors (Lipinski definition) is 1. The third kappa shape index (κ3) is 5.60. The number of likely N-dealkylation sites (tertiary alicyclic amines) is 1. The van der Waals surface area contributed by atoms with E-state index in [0.717, 1.165) is 56.2 Å². The van der Waals surface area contributed by atoms with Gasteiger partial charge >= 0.3 is 6.09 Å². The Kier molecular flexibility index (Phi) is 7.67. The lowest BCUT2D eigenvalue weighted by atomic mass is 9.85. The van der Waals surface area contributed by atoms with E-state index in [0.29, 0.717) is 31.1 Å². The molecule has 37 heavy (non-hydrogen) atoms. The van der Waals surface area contributed by atoms with E-state index in [1.165, 1.54) is 25.7 Å². The molecule has 4 amide bonds. The van der Waals surface area contributed by atoms with Gasteiger partial charge in [-0.1, -0.05) is 12.8 Å². The van der Waals surface area contributed by atoms with Crippen LogP contribution in [-0.2, 0) is 20.9 Å². The molecule has 9 heteroatoms. The first kappa shape index (κ1) is 25.5. The molecule has 4 aliphatic heterocycles. The summed E-state index contributed by atoms with van der Waals surface area (Å²) in [7, 11) is 0. The predicted octanol–water partition coefficient (Wildman–Crippen LogP) is 3.31. The van der Waals surface area contributed by atoms with Crippen molar-refractivity contribution in [2.45, 2.75) is 70.9 Å². The average Bonchev–Trinajstić information content (AvgIpc) is 3.23. The van der Waals surface area contributed by atoms with E-state index in [1.807, 2.05) is 24.0 Å². The number of imide groups is 1. The van der Waals surface area contributed by atoms with Crippen LogP contribution in [0.3, 0.4) is 0 Å². The molecule has 1 aromatic rings. The third-order valence-corrected chi connectivity index (χ3v) is 8.61. The molecule has 200 valence electrons. The van der Waals surface area contributed by atoms with Crippen molar-refractivity contribution in [2.75, 3.05) is 37.7 Å². The number of rotatable bonds is 6. The van der Waals surface area contributed by atoms with E-state index in [-0.39, 0.29) is 30.2 Å². The standard InChI is InChI=1S/C28H38N4O5/c1-2-37-28(36)31-15-11-20(12-16-31)4-3-19-9-13-30(14-10-19)22-5-6-23-21(17-22)18-32(27(23)35)24-7-8-25(33)29-26(24)34/h5-6,17,19-20,24H,2-4,7-16,18H2,1H3,(H,29,33,34). The largest absolute Gasteiger partial charge is 0.450 e. The molecule has 4 heterocycles. The number of piperidine rings is 3. The van der Waals surface area contributed by atoms with Crippen molar-refractivity contribution >= 4 is 29.5 Å². The Labute approximate surface area is 218 Å². The van der Waals surface area contributed by atoms with Crippen LogP contribution in [0, 0.1) is 11.8 Å². The number of anilines is 1. The van der Waals surface area contributed by atoms with Crippen molar-refractivity contribution < 1.29 is 23.9 Å².